The summed E-state index contributed by atoms with van der Waals surface area (Å²) in [5.74, 6) is -0.536. The molecular weight excluding hydrogens is 245 g/mol. The van der Waals surface area contributed by atoms with Crippen molar-refractivity contribution in [3.63, 3.8) is 0 Å². The van der Waals surface area contributed by atoms with Crippen molar-refractivity contribution in [2.45, 2.75) is 31.5 Å². The molecule has 0 spiro atoms. The maximum absolute atomic E-state index is 13.5. The fraction of sp³-hybridized carbons (Fsp3) is 0.533. The van der Waals surface area contributed by atoms with E-state index in [0.29, 0.717) is 25.2 Å². The molecule has 19 heavy (non-hydrogen) atoms. The van der Waals surface area contributed by atoms with E-state index in [4.69, 9.17) is 4.74 Å². The Bertz CT molecular complexity index is 465. The van der Waals surface area contributed by atoms with Gasteiger partial charge in [-0.25, -0.2) is 4.39 Å². The van der Waals surface area contributed by atoms with Crippen molar-refractivity contribution in [1.82, 2.24) is 4.90 Å². The van der Waals surface area contributed by atoms with Gasteiger partial charge in [0.2, 0.25) is 0 Å². The molecule has 3 rings (SSSR count). The zero-order chi connectivity index (χ0) is 13.2. The molecule has 2 aliphatic heterocycles. The number of nitrogens with zero attached hydrogens (tertiary/aromatic N) is 1. The fourth-order valence-electron chi connectivity index (χ4n) is 2.96. The topological polar surface area (TPSA) is 29.5 Å². The van der Waals surface area contributed by atoms with Crippen LogP contribution in [-0.2, 0) is 4.74 Å². The Labute approximate surface area is 112 Å². The van der Waals surface area contributed by atoms with Crippen molar-refractivity contribution in [2.75, 3.05) is 19.6 Å². The minimum absolute atomic E-state index is 0.114. The lowest BCUT2D eigenvalue weighted by Crippen LogP contribution is -2.43. The summed E-state index contributed by atoms with van der Waals surface area (Å²) in [5.41, 5.74) is 0.207. The maximum Gasteiger partial charge on any atom is 0.167 e. The summed E-state index contributed by atoms with van der Waals surface area (Å²) in [7, 11) is 0. The zero-order valence-electron chi connectivity index (χ0n) is 10.8. The molecular formula is C15H18FNO2. The number of Topliss-reactive ketones (excluding diaryl/α,β-unsaturated/α-hetero) is 1. The van der Waals surface area contributed by atoms with Gasteiger partial charge in [0.15, 0.2) is 5.78 Å². The summed E-state index contributed by atoms with van der Waals surface area (Å²) in [5, 5.41) is 0. The van der Waals surface area contributed by atoms with Crippen LogP contribution in [0.4, 0.5) is 4.39 Å². The van der Waals surface area contributed by atoms with Gasteiger partial charge in [-0.2, -0.15) is 0 Å². The second-order valence-corrected chi connectivity index (χ2v) is 5.37. The van der Waals surface area contributed by atoms with Gasteiger partial charge in [0.25, 0.3) is 0 Å². The molecule has 2 atom stereocenters. The summed E-state index contributed by atoms with van der Waals surface area (Å²) in [6, 6.07) is 6.19. The molecule has 0 amide bonds. The van der Waals surface area contributed by atoms with Crippen molar-refractivity contribution in [3.05, 3.63) is 35.6 Å². The van der Waals surface area contributed by atoms with Crippen LogP contribution in [0, 0.1) is 5.82 Å². The molecule has 3 nitrogen and oxygen atoms in total. The van der Waals surface area contributed by atoms with Crippen LogP contribution in [-0.4, -0.2) is 42.5 Å². The number of hydrogen-bond donors (Lipinski definition) is 0. The van der Waals surface area contributed by atoms with E-state index in [1.165, 1.54) is 6.07 Å². The molecule has 2 unspecified atom stereocenters. The van der Waals surface area contributed by atoms with Crippen LogP contribution >= 0.6 is 0 Å². The Balaban J connectivity index is 1.55. The molecule has 0 N–H and O–H groups in total. The standard InChI is InChI=1S/C15H18FNO2/c16-14-4-2-1-3-13(14)15(18)7-8-17-9-11-5-6-12(10-17)19-11/h1-4,11-12H,5-10H2. The number of likely N-dealkylation sites (tertiary alicyclic amines) is 1. The number of carbonyl (C=O) groups excluding carboxylic acids is 1. The molecule has 1 aromatic carbocycles. The van der Waals surface area contributed by atoms with Crippen LogP contribution in [0.3, 0.4) is 0 Å². The third kappa shape index (κ3) is 2.85. The SMILES string of the molecule is O=C(CCN1CC2CCC(C1)O2)c1ccccc1F. The average molecular weight is 263 g/mol. The summed E-state index contributed by atoms with van der Waals surface area (Å²) < 4.78 is 19.2. The molecule has 0 aliphatic carbocycles. The van der Waals surface area contributed by atoms with Crippen LogP contribution in [0.15, 0.2) is 24.3 Å². The van der Waals surface area contributed by atoms with E-state index in [-0.39, 0.29) is 11.3 Å². The molecule has 2 bridgehead atoms. The zero-order valence-corrected chi connectivity index (χ0v) is 10.8. The fourth-order valence-corrected chi connectivity index (χ4v) is 2.96. The van der Waals surface area contributed by atoms with Crippen molar-refractivity contribution < 1.29 is 13.9 Å². The van der Waals surface area contributed by atoms with Crippen molar-refractivity contribution in [2.24, 2.45) is 0 Å². The summed E-state index contributed by atoms with van der Waals surface area (Å²) >= 11 is 0. The van der Waals surface area contributed by atoms with Gasteiger partial charge < -0.3 is 4.74 Å². The highest BCUT2D eigenvalue weighted by atomic mass is 19.1. The van der Waals surface area contributed by atoms with Gasteiger partial charge in [-0.3, -0.25) is 9.69 Å². The van der Waals surface area contributed by atoms with E-state index in [0.717, 1.165) is 25.9 Å². The van der Waals surface area contributed by atoms with Gasteiger partial charge in [-0.15, -0.1) is 0 Å². The predicted octanol–water partition coefficient (Wildman–Crippen LogP) is 2.26. The molecule has 2 aliphatic rings. The summed E-state index contributed by atoms with van der Waals surface area (Å²) in [6.45, 7) is 2.51. The first-order chi connectivity index (χ1) is 9.22. The Morgan fingerprint density at radius 3 is 2.63 bits per heavy atom. The molecule has 102 valence electrons. The van der Waals surface area contributed by atoms with Gasteiger partial charge >= 0.3 is 0 Å². The lowest BCUT2D eigenvalue weighted by Gasteiger charge is -2.31. The van der Waals surface area contributed by atoms with Crippen molar-refractivity contribution in [3.8, 4) is 0 Å². The molecule has 0 saturated carbocycles. The van der Waals surface area contributed by atoms with Gasteiger partial charge in [0.1, 0.15) is 5.82 Å². The molecule has 1 aromatic rings. The van der Waals surface area contributed by atoms with Crippen LogP contribution in [0.2, 0.25) is 0 Å². The van der Waals surface area contributed by atoms with E-state index >= 15 is 0 Å². The van der Waals surface area contributed by atoms with Crippen molar-refractivity contribution in [1.29, 1.82) is 0 Å². The Morgan fingerprint density at radius 2 is 1.95 bits per heavy atom. The smallest absolute Gasteiger partial charge is 0.167 e. The van der Waals surface area contributed by atoms with E-state index in [9.17, 15) is 9.18 Å². The van der Waals surface area contributed by atoms with Gasteiger partial charge in [-0.05, 0) is 25.0 Å². The Kier molecular flexibility index (Phi) is 3.62. The number of halogens is 1. The van der Waals surface area contributed by atoms with E-state index < -0.39 is 5.82 Å². The quantitative estimate of drug-likeness (QED) is 0.780. The molecule has 0 aromatic heterocycles. The van der Waals surface area contributed by atoms with E-state index in [1.807, 2.05) is 0 Å². The second kappa shape index (κ2) is 5.39. The van der Waals surface area contributed by atoms with Crippen LogP contribution < -0.4 is 0 Å². The first-order valence-electron chi connectivity index (χ1n) is 6.88. The van der Waals surface area contributed by atoms with Crippen LogP contribution in [0.1, 0.15) is 29.6 Å². The number of morpholine rings is 1. The van der Waals surface area contributed by atoms with Crippen LogP contribution in [0.25, 0.3) is 0 Å². The first kappa shape index (κ1) is 12.8. The third-order valence-electron chi connectivity index (χ3n) is 3.95. The highest BCUT2D eigenvalue weighted by molar-refractivity contribution is 5.96. The highest BCUT2D eigenvalue weighted by Crippen LogP contribution is 2.26. The Hall–Kier alpha value is -1.26. The first-order valence-corrected chi connectivity index (χ1v) is 6.88. The van der Waals surface area contributed by atoms with Crippen molar-refractivity contribution >= 4 is 5.78 Å². The molecule has 2 saturated heterocycles. The molecule has 2 fully saturated rings. The number of ether oxygens (including phenoxy) is 1. The minimum Gasteiger partial charge on any atom is -0.372 e. The lowest BCUT2D eigenvalue weighted by molar-refractivity contribution is -0.0379. The average Bonchev–Trinajstić information content (AvgIpc) is 2.76. The number of carbonyl (C=O) groups is 1. The second-order valence-electron chi connectivity index (χ2n) is 5.37. The van der Waals surface area contributed by atoms with E-state index in [1.54, 1.807) is 18.2 Å². The summed E-state index contributed by atoms with van der Waals surface area (Å²) in [4.78, 5) is 14.3. The van der Waals surface area contributed by atoms with Crippen LogP contribution in [0.5, 0.6) is 0 Å². The largest absolute Gasteiger partial charge is 0.372 e. The third-order valence-corrected chi connectivity index (χ3v) is 3.95. The lowest BCUT2D eigenvalue weighted by atomic mass is 10.1. The number of hydrogen-bond acceptors (Lipinski definition) is 3. The number of benzene rings is 1. The van der Waals surface area contributed by atoms with Gasteiger partial charge in [0.05, 0.1) is 17.8 Å². The molecule has 4 heteroatoms. The van der Waals surface area contributed by atoms with E-state index in [2.05, 4.69) is 4.90 Å². The minimum atomic E-state index is -0.422. The highest BCUT2D eigenvalue weighted by Gasteiger charge is 2.33. The summed E-state index contributed by atoms with van der Waals surface area (Å²) in [6.07, 6.45) is 3.30. The number of ketones is 1. The van der Waals surface area contributed by atoms with Gasteiger partial charge in [0, 0.05) is 26.1 Å². The predicted molar refractivity (Wildman–Crippen MR) is 69.7 cm³/mol. The Morgan fingerprint density at radius 1 is 1.26 bits per heavy atom. The monoisotopic (exact) mass is 263 g/mol. The number of rotatable bonds is 4. The molecule has 2 heterocycles. The molecule has 0 radical (unpaired) electrons. The normalized spacial score (nSPS) is 26.6. The van der Waals surface area contributed by atoms with Gasteiger partial charge in [-0.1, -0.05) is 12.1 Å². The maximum atomic E-state index is 13.5. The number of fused-ring (bicyclic) bond motifs is 2.